The van der Waals surface area contributed by atoms with Crippen LogP contribution < -0.4 is 0 Å². The fourth-order valence-corrected chi connectivity index (χ4v) is 1.94. The van der Waals surface area contributed by atoms with Crippen LogP contribution in [0.25, 0.3) is 11.1 Å². The minimum Gasteiger partial charge on any atom is -0.0622 e. The summed E-state index contributed by atoms with van der Waals surface area (Å²) < 4.78 is 0. The Balaban J connectivity index is 0.000000224. The molecule has 0 saturated carbocycles. The number of rotatable bonds is 5. The molecule has 0 heterocycles. The molecule has 19 heavy (non-hydrogen) atoms. The maximum Gasteiger partial charge on any atom is -0.0184 e. The summed E-state index contributed by atoms with van der Waals surface area (Å²) in [6.07, 6.45) is 5.65. The van der Waals surface area contributed by atoms with Gasteiger partial charge in [-0.15, -0.1) is 0 Å². The first kappa shape index (κ1) is 16.1. The van der Waals surface area contributed by atoms with Gasteiger partial charge in [-0.2, -0.15) is 0 Å². The Morgan fingerprint density at radius 2 is 1.16 bits per heavy atom. The van der Waals surface area contributed by atoms with E-state index in [0.717, 1.165) is 0 Å². The molecule has 0 atom stereocenters. The molecule has 0 aliphatic carbocycles. The van der Waals surface area contributed by atoms with E-state index in [9.17, 15) is 0 Å². The van der Waals surface area contributed by atoms with Crippen LogP contribution in [0.15, 0.2) is 60.7 Å². The summed E-state index contributed by atoms with van der Waals surface area (Å²) in [5.41, 5.74) is 2.55. The van der Waals surface area contributed by atoms with Crippen molar-refractivity contribution in [2.24, 2.45) is 0 Å². The van der Waals surface area contributed by atoms with E-state index in [2.05, 4.69) is 73.2 Å². The molecule has 0 nitrogen and oxygen atoms in total. The molecule has 2 rings (SSSR count). The zero-order valence-corrected chi connectivity index (χ0v) is 12.3. The molecular formula is C18H23Li. The largest absolute Gasteiger partial charge is 0.0622 e. The van der Waals surface area contributed by atoms with Crippen LogP contribution in [0.2, 0.25) is 5.09 Å². The van der Waals surface area contributed by atoms with Crippen molar-refractivity contribution in [1.82, 2.24) is 0 Å². The van der Waals surface area contributed by atoms with E-state index in [0.29, 0.717) is 0 Å². The summed E-state index contributed by atoms with van der Waals surface area (Å²) in [6, 6.07) is 20.8. The quantitative estimate of drug-likeness (QED) is 0.482. The Morgan fingerprint density at radius 1 is 0.684 bits per heavy atom. The monoisotopic (exact) mass is 246 g/mol. The van der Waals surface area contributed by atoms with Gasteiger partial charge in [0.1, 0.15) is 0 Å². The fraction of sp³-hybridized carbons (Fsp3) is 0.333. The second-order valence-corrected chi connectivity index (χ2v) is 4.79. The van der Waals surface area contributed by atoms with Crippen molar-refractivity contribution < 1.29 is 0 Å². The third kappa shape index (κ3) is 7.26. The van der Waals surface area contributed by atoms with Crippen molar-refractivity contribution in [3.05, 3.63) is 60.7 Å². The molecule has 0 spiro atoms. The minimum absolute atomic E-state index is 1.28. The maximum atomic E-state index is 2.25. The third-order valence-corrected chi connectivity index (χ3v) is 3.09. The Kier molecular flexibility index (Phi) is 9.24. The first-order valence-electron chi connectivity index (χ1n) is 7.49. The first-order valence-corrected chi connectivity index (χ1v) is 7.49. The van der Waals surface area contributed by atoms with Crippen molar-refractivity contribution in [3.63, 3.8) is 0 Å². The molecular weight excluding hydrogens is 223 g/mol. The van der Waals surface area contributed by atoms with Crippen molar-refractivity contribution in [3.8, 4) is 11.1 Å². The smallest absolute Gasteiger partial charge is 0.0184 e. The zero-order valence-electron chi connectivity index (χ0n) is 12.3. The van der Waals surface area contributed by atoms with Crippen LogP contribution in [0.4, 0.5) is 0 Å². The van der Waals surface area contributed by atoms with Gasteiger partial charge in [0.05, 0.1) is 0 Å². The molecule has 0 saturated heterocycles. The summed E-state index contributed by atoms with van der Waals surface area (Å²) in [5, 5.41) is 1.36. The first-order chi connectivity index (χ1) is 9.38. The van der Waals surface area contributed by atoms with Crippen LogP contribution in [0.5, 0.6) is 0 Å². The van der Waals surface area contributed by atoms with Crippen molar-refractivity contribution in [2.45, 2.75) is 37.7 Å². The molecule has 0 aliphatic heterocycles. The average Bonchev–Trinajstić information content (AvgIpc) is 2.50. The number of hydrogen-bond donors (Lipinski definition) is 0. The second kappa shape index (κ2) is 10.9. The van der Waals surface area contributed by atoms with E-state index in [1.807, 2.05) is 12.1 Å². The summed E-state index contributed by atoms with van der Waals surface area (Å²) in [5.74, 6) is 0. The predicted molar refractivity (Wildman–Crippen MR) is 86.6 cm³/mol. The van der Waals surface area contributed by atoms with Crippen LogP contribution in [0, 0.1) is 0 Å². The second-order valence-electron chi connectivity index (χ2n) is 4.79. The van der Waals surface area contributed by atoms with E-state index in [-0.39, 0.29) is 0 Å². The van der Waals surface area contributed by atoms with E-state index in [4.69, 9.17) is 0 Å². The van der Waals surface area contributed by atoms with Crippen LogP contribution in [-0.2, 0) is 0 Å². The van der Waals surface area contributed by atoms with Gasteiger partial charge >= 0.3 is 55.4 Å². The van der Waals surface area contributed by atoms with Crippen molar-refractivity contribution in [2.75, 3.05) is 0 Å². The molecule has 0 fully saturated rings. The van der Waals surface area contributed by atoms with Gasteiger partial charge in [0.25, 0.3) is 0 Å². The van der Waals surface area contributed by atoms with Gasteiger partial charge in [-0.05, 0) is 11.1 Å². The van der Waals surface area contributed by atoms with Gasteiger partial charge in [-0.1, -0.05) is 60.7 Å². The number of hydrogen-bond acceptors (Lipinski definition) is 0. The van der Waals surface area contributed by atoms with Gasteiger partial charge in [0.2, 0.25) is 0 Å². The Labute approximate surface area is 127 Å². The Morgan fingerprint density at radius 3 is 1.53 bits per heavy atom. The fourth-order valence-electron chi connectivity index (χ4n) is 1.94. The zero-order chi connectivity index (χ0) is 13.8. The summed E-state index contributed by atoms with van der Waals surface area (Å²) in [6.45, 7) is 2.25. The Hall–Kier alpha value is -0.963. The Bertz CT molecular complexity index is 367. The van der Waals surface area contributed by atoms with Crippen molar-refractivity contribution in [1.29, 1.82) is 0 Å². The van der Waals surface area contributed by atoms with E-state index in [1.54, 1.807) is 0 Å². The standard InChI is InChI=1S/C12H10.C6H13.Li/c1-3-7-11(8-4-1)12-9-5-2-6-10-12;1-3-5-6-4-2;/h1-10H;1,3-6H2,2H3;. The minimum atomic E-state index is 1.28. The maximum absolute atomic E-state index is 2.25. The van der Waals surface area contributed by atoms with Gasteiger partial charge in [-0.3, -0.25) is 0 Å². The molecule has 0 aromatic heterocycles. The molecule has 0 unspecified atom stereocenters. The third-order valence-electron chi connectivity index (χ3n) is 3.09. The number of benzene rings is 2. The molecule has 2 aromatic carbocycles. The normalized spacial score (nSPS) is 9.63. The molecule has 2 aromatic rings. The summed E-state index contributed by atoms with van der Waals surface area (Å²) in [4.78, 5) is 0. The van der Waals surface area contributed by atoms with Crippen LogP contribution in [0.3, 0.4) is 0 Å². The van der Waals surface area contributed by atoms with E-state index < -0.39 is 0 Å². The molecule has 0 aliphatic rings. The predicted octanol–water partition coefficient (Wildman–Crippen LogP) is 5.51. The summed E-state index contributed by atoms with van der Waals surface area (Å²) in [7, 11) is 0. The van der Waals surface area contributed by atoms with Crippen LogP contribution in [-0.4, -0.2) is 17.7 Å². The van der Waals surface area contributed by atoms with Gasteiger partial charge < -0.3 is 0 Å². The van der Waals surface area contributed by atoms with Gasteiger partial charge in [0.15, 0.2) is 0 Å². The molecule has 1 heteroatoms. The SMILES string of the molecule is [Li][CH2]CCCCC.c1ccc(-c2ccccc2)cc1. The molecule has 96 valence electrons. The van der Waals surface area contributed by atoms with Crippen LogP contribution in [0.1, 0.15) is 32.6 Å². The molecule has 0 bridgehead atoms. The molecule has 0 radical (unpaired) electrons. The van der Waals surface area contributed by atoms with E-state index >= 15 is 0 Å². The topological polar surface area (TPSA) is 0 Å². The van der Waals surface area contributed by atoms with Gasteiger partial charge in [0, 0.05) is 0 Å². The molecule has 0 amide bonds. The number of unbranched alkanes of at least 4 members (excludes halogenated alkanes) is 3. The summed E-state index contributed by atoms with van der Waals surface area (Å²) >= 11 is 2.25. The van der Waals surface area contributed by atoms with Crippen molar-refractivity contribution >= 4 is 17.7 Å². The van der Waals surface area contributed by atoms with E-state index in [1.165, 1.54) is 41.9 Å². The van der Waals surface area contributed by atoms with Crippen LogP contribution >= 0.6 is 0 Å². The molecule has 0 N–H and O–H groups in total. The average molecular weight is 246 g/mol. The van der Waals surface area contributed by atoms with Gasteiger partial charge in [-0.25, -0.2) is 0 Å².